The molecule has 0 aliphatic heterocycles. The van der Waals surface area contributed by atoms with Gasteiger partial charge in [0.15, 0.2) is 23.0 Å². The van der Waals surface area contributed by atoms with Crippen molar-refractivity contribution in [3.63, 3.8) is 0 Å². The molecule has 3 heterocycles. The van der Waals surface area contributed by atoms with Gasteiger partial charge >= 0.3 is 0 Å². The van der Waals surface area contributed by atoms with Crippen molar-refractivity contribution in [3.05, 3.63) is 83.0 Å². The summed E-state index contributed by atoms with van der Waals surface area (Å²) in [5.74, 6) is 0.262. The van der Waals surface area contributed by atoms with Crippen LogP contribution in [0.3, 0.4) is 0 Å². The van der Waals surface area contributed by atoms with E-state index in [2.05, 4.69) is 25.4 Å². The van der Waals surface area contributed by atoms with E-state index >= 15 is 0 Å². The number of rotatable bonds is 5. The number of anilines is 2. The van der Waals surface area contributed by atoms with E-state index < -0.39 is 11.4 Å². The van der Waals surface area contributed by atoms with Crippen LogP contribution in [0.4, 0.5) is 16.0 Å². The van der Waals surface area contributed by atoms with E-state index in [9.17, 15) is 9.18 Å². The summed E-state index contributed by atoms with van der Waals surface area (Å²) in [5.41, 5.74) is 1.47. The minimum Gasteiger partial charge on any atom is -0.488 e. The van der Waals surface area contributed by atoms with Crippen LogP contribution in [-0.2, 0) is 0 Å². The number of aromatic nitrogens is 5. The number of nitrogens with one attached hydrogen (secondary N) is 1. The van der Waals surface area contributed by atoms with Gasteiger partial charge in [0.05, 0.1) is 11.6 Å². The monoisotopic (exact) mass is 442 g/mol. The Kier molecular flexibility index (Phi) is 5.14. The second-order valence-corrected chi connectivity index (χ2v) is 7.61. The van der Waals surface area contributed by atoms with E-state index in [1.807, 2.05) is 38.1 Å². The molecule has 0 atom stereocenters. The molecule has 0 aliphatic carbocycles. The first-order valence-corrected chi connectivity index (χ1v) is 10.3. The average molecular weight is 442 g/mol. The number of hydrogen-bond acceptors (Lipinski definition) is 7. The average Bonchev–Trinajstić information content (AvgIpc) is 3.15. The van der Waals surface area contributed by atoms with Crippen molar-refractivity contribution in [3.8, 4) is 17.1 Å². The number of fused-ring (bicyclic) bond motifs is 3. The third-order valence-corrected chi connectivity index (χ3v) is 4.86. The molecule has 0 aliphatic rings. The summed E-state index contributed by atoms with van der Waals surface area (Å²) in [6.45, 7) is 3.67. The zero-order valence-electron chi connectivity index (χ0n) is 17.9. The van der Waals surface area contributed by atoms with Crippen LogP contribution in [0.5, 0.6) is 5.75 Å². The minimum absolute atomic E-state index is 0.148. The second kappa shape index (κ2) is 8.27. The predicted octanol–water partition coefficient (Wildman–Crippen LogP) is 4.37. The van der Waals surface area contributed by atoms with Crippen molar-refractivity contribution in [2.45, 2.75) is 20.0 Å². The Morgan fingerprint density at radius 1 is 1.03 bits per heavy atom. The highest BCUT2D eigenvalue weighted by Gasteiger charge is 2.17. The Hall–Kier alpha value is -4.40. The summed E-state index contributed by atoms with van der Waals surface area (Å²) < 4.78 is 21.6. The van der Waals surface area contributed by atoms with Crippen molar-refractivity contribution in [1.29, 1.82) is 0 Å². The topological polar surface area (TPSA) is 94.3 Å². The number of nitrogens with zero attached hydrogens (tertiary/aromatic N) is 5. The SMILES string of the molecule is CC(C)Oc1ccc(-c2nc3c4ccccc4nc(Nc4ccccnc4=O)n3n2)cc1F. The molecule has 3 aromatic heterocycles. The Labute approximate surface area is 187 Å². The van der Waals surface area contributed by atoms with Crippen molar-refractivity contribution in [1.82, 2.24) is 24.6 Å². The molecular weight excluding hydrogens is 423 g/mol. The molecule has 9 heteroatoms. The molecule has 0 spiro atoms. The van der Waals surface area contributed by atoms with Gasteiger partial charge in [0, 0.05) is 17.1 Å². The van der Waals surface area contributed by atoms with Crippen molar-refractivity contribution < 1.29 is 9.13 Å². The highest BCUT2D eigenvalue weighted by atomic mass is 19.1. The van der Waals surface area contributed by atoms with Gasteiger partial charge in [0.2, 0.25) is 5.95 Å². The van der Waals surface area contributed by atoms with Gasteiger partial charge in [-0.1, -0.05) is 18.2 Å². The fourth-order valence-electron chi connectivity index (χ4n) is 3.42. The first kappa shape index (κ1) is 20.5. The van der Waals surface area contributed by atoms with Gasteiger partial charge in [0.25, 0.3) is 5.56 Å². The van der Waals surface area contributed by atoms with E-state index in [-0.39, 0.29) is 23.5 Å². The molecule has 33 heavy (non-hydrogen) atoms. The van der Waals surface area contributed by atoms with Gasteiger partial charge in [-0.15, -0.1) is 5.10 Å². The summed E-state index contributed by atoms with van der Waals surface area (Å²) >= 11 is 0. The third kappa shape index (κ3) is 3.96. The van der Waals surface area contributed by atoms with Gasteiger partial charge in [-0.05, 0) is 56.3 Å². The molecule has 0 amide bonds. The molecule has 0 saturated heterocycles. The van der Waals surface area contributed by atoms with Crippen LogP contribution >= 0.6 is 0 Å². The largest absolute Gasteiger partial charge is 0.488 e. The summed E-state index contributed by atoms with van der Waals surface area (Å²) in [4.78, 5) is 25.4. The lowest BCUT2D eigenvalue weighted by Crippen LogP contribution is -2.11. The second-order valence-electron chi connectivity index (χ2n) is 7.61. The van der Waals surface area contributed by atoms with Gasteiger partial charge in [0.1, 0.15) is 5.69 Å². The van der Waals surface area contributed by atoms with Gasteiger partial charge in [-0.2, -0.15) is 4.52 Å². The van der Waals surface area contributed by atoms with Crippen molar-refractivity contribution >= 4 is 28.2 Å². The number of benzene rings is 2. The third-order valence-electron chi connectivity index (χ3n) is 4.86. The molecule has 0 radical (unpaired) electrons. The smallest absolute Gasteiger partial charge is 0.293 e. The maximum absolute atomic E-state index is 14.6. The standard InChI is InChI=1S/C24H19FN6O2/c1-14(2)33-20-11-10-15(13-17(20)25)21-29-22-16-7-3-4-8-18(16)27-24(31(22)30-21)28-19-9-5-6-12-26-23(19)32/h3-14H,1-2H3,(H,26,27,28,32). The zero-order chi connectivity index (χ0) is 22.9. The highest BCUT2D eigenvalue weighted by molar-refractivity contribution is 5.93. The van der Waals surface area contributed by atoms with E-state index in [4.69, 9.17) is 4.74 Å². The van der Waals surface area contributed by atoms with Crippen LogP contribution in [0.15, 0.2) is 71.7 Å². The van der Waals surface area contributed by atoms with Crippen LogP contribution < -0.4 is 15.6 Å². The van der Waals surface area contributed by atoms with Gasteiger partial charge in [-0.3, -0.25) is 4.79 Å². The van der Waals surface area contributed by atoms with E-state index in [0.29, 0.717) is 22.6 Å². The van der Waals surface area contributed by atoms with Crippen LogP contribution in [0.2, 0.25) is 0 Å². The van der Waals surface area contributed by atoms with Crippen LogP contribution in [0.1, 0.15) is 13.8 Å². The molecule has 0 fully saturated rings. The van der Waals surface area contributed by atoms with E-state index in [0.717, 1.165) is 5.39 Å². The number of hydrogen-bond donors (Lipinski definition) is 1. The number of para-hydroxylation sites is 1. The van der Waals surface area contributed by atoms with Crippen molar-refractivity contribution in [2.75, 3.05) is 5.32 Å². The minimum atomic E-state index is -0.500. The fourth-order valence-corrected chi connectivity index (χ4v) is 3.42. The number of ether oxygens (including phenoxy) is 1. The molecule has 1 N–H and O–H groups in total. The molecule has 164 valence electrons. The van der Waals surface area contributed by atoms with Crippen LogP contribution in [-0.4, -0.2) is 30.7 Å². The summed E-state index contributed by atoms with van der Waals surface area (Å²) in [5, 5.41) is 8.34. The predicted molar refractivity (Wildman–Crippen MR) is 123 cm³/mol. The molecular formula is C24H19FN6O2. The van der Waals surface area contributed by atoms with E-state index in [1.54, 1.807) is 30.3 Å². The number of halogens is 1. The lowest BCUT2D eigenvalue weighted by Gasteiger charge is -2.10. The van der Waals surface area contributed by atoms with Gasteiger partial charge < -0.3 is 10.1 Å². The molecule has 0 bridgehead atoms. The fraction of sp³-hybridized carbons (Fsp3) is 0.125. The maximum atomic E-state index is 14.6. The first-order valence-electron chi connectivity index (χ1n) is 10.3. The normalized spacial score (nSPS) is 11.3. The summed E-state index contributed by atoms with van der Waals surface area (Å²) in [7, 11) is 0. The van der Waals surface area contributed by atoms with Crippen LogP contribution in [0.25, 0.3) is 27.9 Å². The molecule has 5 rings (SSSR count). The summed E-state index contributed by atoms with van der Waals surface area (Å²) in [6.07, 6.45) is 1.27. The lowest BCUT2D eigenvalue weighted by molar-refractivity contribution is 0.231. The molecule has 5 aromatic rings. The van der Waals surface area contributed by atoms with E-state index in [1.165, 1.54) is 16.8 Å². The zero-order valence-corrected chi connectivity index (χ0v) is 17.9. The van der Waals surface area contributed by atoms with Crippen LogP contribution in [0, 0.1) is 5.82 Å². The maximum Gasteiger partial charge on any atom is 0.293 e. The van der Waals surface area contributed by atoms with Crippen molar-refractivity contribution in [2.24, 2.45) is 0 Å². The first-order chi connectivity index (χ1) is 16.0. The quantitative estimate of drug-likeness (QED) is 0.432. The van der Waals surface area contributed by atoms with Gasteiger partial charge in [-0.25, -0.2) is 19.3 Å². The molecule has 8 nitrogen and oxygen atoms in total. The Balaban J connectivity index is 1.67. The molecule has 0 saturated carbocycles. The highest BCUT2D eigenvalue weighted by Crippen LogP contribution is 2.28. The lowest BCUT2D eigenvalue weighted by atomic mass is 10.2. The Morgan fingerprint density at radius 3 is 2.67 bits per heavy atom. The Morgan fingerprint density at radius 2 is 1.85 bits per heavy atom. The molecule has 2 aromatic carbocycles. The summed E-state index contributed by atoms with van der Waals surface area (Å²) in [6, 6.07) is 17.0. The Bertz CT molecular complexity index is 1550. The molecule has 0 unspecified atom stereocenters.